The Kier molecular flexibility index (Phi) is 3.11. The summed E-state index contributed by atoms with van der Waals surface area (Å²) in [6.45, 7) is 7.87. The van der Waals surface area contributed by atoms with E-state index in [0.717, 1.165) is 32.7 Å². The van der Waals surface area contributed by atoms with Crippen LogP contribution in [0.15, 0.2) is 24.3 Å². The van der Waals surface area contributed by atoms with Crippen LogP contribution in [0.1, 0.15) is 6.92 Å². The molecule has 0 unspecified atom stereocenters. The van der Waals surface area contributed by atoms with Gasteiger partial charge >= 0.3 is 0 Å². The normalized spacial score (nSPS) is 18.1. The molecule has 15 heavy (non-hydrogen) atoms. The van der Waals surface area contributed by atoms with Crippen molar-refractivity contribution in [3.8, 4) is 0 Å². The predicted molar refractivity (Wildman–Crippen MR) is 63.5 cm³/mol. The molecule has 0 atom stereocenters. The van der Waals surface area contributed by atoms with Crippen molar-refractivity contribution in [1.82, 2.24) is 10.6 Å². The third kappa shape index (κ3) is 2.42. The summed E-state index contributed by atoms with van der Waals surface area (Å²) in [4.78, 5) is 4.86. The average Bonchev–Trinajstić information content (AvgIpc) is 2.30. The lowest BCUT2D eigenvalue weighted by molar-refractivity contribution is 0.271. The molecule has 1 saturated heterocycles. The molecule has 1 N–H and O–H groups in total. The van der Waals surface area contributed by atoms with Gasteiger partial charge in [0.1, 0.15) is 0 Å². The standard InChI is InChI=1S/C12H18N3/c1-2-14-7-9-15(10-8-14)12-5-3-11(13)4-6-12/h3-6,13H,2,7-10H2,1H3. The maximum atomic E-state index is 7.44. The minimum atomic E-state index is 0.589. The summed E-state index contributed by atoms with van der Waals surface area (Å²) in [5, 5.41) is 0. The number of hydrogen-bond acceptors (Lipinski definition) is 2. The van der Waals surface area contributed by atoms with Gasteiger partial charge in [0.15, 0.2) is 0 Å². The van der Waals surface area contributed by atoms with E-state index in [4.69, 9.17) is 5.73 Å². The molecule has 1 fully saturated rings. The van der Waals surface area contributed by atoms with Gasteiger partial charge in [0.25, 0.3) is 0 Å². The Labute approximate surface area is 91.5 Å². The summed E-state index contributed by atoms with van der Waals surface area (Å²) in [7, 11) is 0. The number of rotatable bonds is 2. The van der Waals surface area contributed by atoms with Gasteiger partial charge < -0.3 is 15.5 Å². The van der Waals surface area contributed by atoms with E-state index in [2.05, 4.69) is 16.7 Å². The molecule has 1 aromatic rings. The third-order valence-electron chi connectivity index (χ3n) is 3.05. The summed E-state index contributed by atoms with van der Waals surface area (Å²) in [6, 6.07) is 7.82. The van der Waals surface area contributed by atoms with Crippen LogP contribution >= 0.6 is 0 Å². The molecule has 1 aromatic carbocycles. The van der Waals surface area contributed by atoms with Crippen molar-refractivity contribution in [3.05, 3.63) is 24.3 Å². The molecule has 0 bridgehead atoms. The average molecular weight is 204 g/mol. The van der Waals surface area contributed by atoms with Crippen LogP contribution < -0.4 is 10.6 Å². The van der Waals surface area contributed by atoms with Crippen molar-refractivity contribution in [1.29, 1.82) is 0 Å². The number of hydrogen-bond donors (Lipinski definition) is 0. The molecular formula is C12H18N3. The second kappa shape index (κ2) is 4.53. The van der Waals surface area contributed by atoms with E-state index in [1.807, 2.05) is 24.3 Å². The van der Waals surface area contributed by atoms with E-state index in [-0.39, 0.29) is 0 Å². The SMILES string of the molecule is CCN1CCN(c2ccc([NH])cc2)CC1. The molecule has 1 radical (unpaired) electrons. The fourth-order valence-electron chi connectivity index (χ4n) is 1.99. The number of anilines is 1. The molecular weight excluding hydrogens is 186 g/mol. The summed E-state index contributed by atoms with van der Waals surface area (Å²) in [5.41, 5.74) is 9.28. The maximum absolute atomic E-state index is 7.44. The Morgan fingerprint density at radius 2 is 1.67 bits per heavy atom. The molecule has 0 aliphatic carbocycles. The predicted octanol–water partition coefficient (Wildman–Crippen LogP) is 1.74. The second-order valence-electron chi connectivity index (χ2n) is 3.97. The Morgan fingerprint density at radius 3 is 2.20 bits per heavy atom. The topological polar surface area (TPSA) is 30.3 Å². The molecule has 1 aliphatic heterocycles. The summed E-state index contributed by atoms with van der Waals surface area (Å²) >= 11 is 0. The van der Waals surface area contributed by atoms with E-state index < -0.39 is 0 Å². The molecule has 0 amide bonds. The van der Waals surface area contributed by atoms with E-state index in [9.17, 15) is 0 Å². The Bertz CT molecular complexity index is 299. The third-order valence-corrected chi connectivity index (χ3v) is 3.05. The van der Waals surface area contributed by atoms with Crippen LogP contribution in [0, 0.1) is 0 Å². The van der Waals surface area contributed by atoms with Crippen molar-refractivity contribution in [2.75, 3.05) is 37.6 Å². The van der Waals surface area contributed by atoms with E-state index >= 15 is 0 Å². The van der Waals surface area contributed by atoms with Gasteiger partial charge in [-0.2, -0.15) is 0 Å². The maximum Gasteiger partial charge on any atom is 0.0541 e. The van der Waals surface area contributed by atoms with Crippen molar-refractivity contribution in [3.63, 3.8) is 0 Å². The first kappa shape index (κ1) is 10.3. The van der Waals surface area contributed by atoms with Crippen molar-refractivity contribution in [2.24, 2.45) is 0 Å². The molecule has 0 saturated carbocycles. The minimum absolute atomic E-state index is 0.589. The first-order valence-electron chi connectivity index (χ1n) is 5.58. The van der Waals surface area contributed by atoms with Crippen LogP contribution in [0.4, 0.5) is 11.4 Å². The van der Waals surface area contributed by atoms with Gasteiger partial charge in [-0.25, -0.2) is 0 Å². The number of piperazine rings is 1. The van der Waals surface area contributed by atoms with Gasteiger partial charge in [-0.1, -0.05) is 6.92 Å². The highest BCUT2D eigenvalue weighted by Gasteiger charge is 2.15. The lowest BCUT2D eigenvalue weighted by Crippen LogP contribution is -2.46. The fourth-order valence-corrected chi connectivity index (χ4v) is 1.99. The number of nitrogens with zero attached hydrogens (tertiary/aromatic N) is 2. The van der Waals surface area contributed by atoms with Gasteiger partial charge in [0, 0.05) is 31.9 Å². The zero-order valence-corrected chi connectivity index (χ0v) is 9.24. The number of nitrogens with one attached hydrogen (secondary N) is 1. The first-order chi connectivity index (χ1) is 7.29. The molecule has 3 nitrogen and oxygen atoms in total. The molecule has 0 aromatic heterocycles. The molecule has 0 spiro atoms. The van der Waals surface area contributed by atoms with Crippen LogP contribution in [0.5, 0.6) is 0 Å². The second-order valence-corrected chi connectivity index (χ2v) is 3.97. The Hall–Kier alpha value is -1.22. The monoisotopic (exact) mass is 204 g/mol. The van der Waals surface area contributed by atoms with Gasteiger partial charge in [-0.15, -0.1) is 0 Å². The van der Waals surface area contributed by atoms with Crippen molar-refractivity contribution < 1.29 is 0 Å². The highest BCUT2D eigenvalue weighted by molar-refractivity contribution is 5.52. The minimum Gasteiger partial charge on any atom is -0.369 e. The van der Waals surface area contributed by atoms with Gasteiger partial charge in [-0.3, -0.25) is 0 Å². The zero-order valence-electron chi connectivity index (χ0n) is 9.24. The molecule has 3 heteroatoms. The highest BCUT2D eigenvalue weighted by atomic mass is 15.3. The number of benzene rings is 1. The zero-order chi connectivity index (χ0) is 10.7. The molecule has 2 rings (SSSR count). The van der Waals surface area contributed by atoms with Crippen LogP contribution in [0.3, 0.4) is 0 Å². The Balaban J connectivity index is 1.98. The molecule has 1 aliphatic rings. The van der Waals surface area contributed by atoms with Crippen LogP contribution in [-0.2, 0) is 0 Å². The molecule has 81 valence electrons. The highest BCUT2D eigenvalue weighted by Crippen LogP contribution is 2.18. The summed E-state index contributed by atoms with van der Waals surface area (Å²) in [6.07, 6.45) is 0. The first-order valence-corrected chi connectivity index (χ1v) is 5.58. The van der Waals surface area contributed by atoms with E-state index in [1.165, 1.54) is 5.69 Å². The summed E-state index contributed by atoms with van der Waals surface area (Å²) in [5.74, 6) is 0. The van der Waals surface area contributed by atoms with E-state index in [1.54, 1.807) is 0 Å². The fraction of sp³-hybridized carbons (Fsp3) is 0.500. The van der Waals surface area contributed by atoms with Gasteiger partial charge in [-0.05, 0) is 30.8 Å². The lowest BCUT2D eigenvalue weighted by Gasteiger charge is -2.35. The number of likely N-dealkylation sites (N-methyl/N-ethyl adjacent to an activating group) is 1. The van der Waals surface area contributed by atoms with Crippen molar-refractivity contribution in [2.45, 2.75) is 6.92 Å². The van der Waals surface area contributed by atoms with Crippen LogP contribution in [0.25, 0.3) is 0 Å². The largest absolute Gasteiger partial charge is 0.369 e. The quantitative estimate of drug-likeness (QED) is 0.734. The van der Waals surface area contributed by atoms with E-state index in [0.29, 0.717) is 5.69 Å². The van der Waals surface area contributed by atoms with Crippen LogP contribution in [0.2, 0.25) is 0 Å². The smallest absolute Gasteiger partial charge is 0.0541 e. The summed E-state index contributed by atoms with van der Waals surface area (Å²) < 4.78 is 0. The lowest BCUT2D eigenvalue weighted by atomic mass is 10.2. The van der Waals surface area contributed by atoms with Crippen LogP contribution in [-0.4, -0.2) is 37.6 Å². The van der Waals surface area contributed by atoms with Gasteiger partial charge in [0.05, 0.1) is 5.69 Å². The Morgan fingerprint density at radius 1 is 1.07 bits per heavy atom. The molecule has 1 heterocycles. The van der Waals surface area contributed by atoms with Gasteiger partial charge in [0.2, 0.25) is 0 Å². The van der Waals surface area contributed by atoms with Crippen molar-refractivity contribution >= 4 is 11.4 Å².